The third-order valence-corrected chi connectivity index (χ3v) is 7.16. The molecular formula is C24H28ClNO4S. The van der Waals surface area contributed by atoms with Gasteiger partial charge < -0.3 is 20.3 Å². The van der Waals surface area contributed by atoms with Crippen LogP contribution < -0.4 is 10.5 Å². The van der Waals surface area contributed by atoms with Crippen LogP contribution in [0.1, 0.15) is 31.7 Å². The molecule has 0 fully saturated rings. The van der Waals surface area contributed by atoms with Gasteiger partial charge in [-0.3, -0.25) is 4.79 Å². The fourth-order valence-electron chi connectivity index (χ4n) is 3.28. The predicted octanol–water partition coefficient (Wildman–Crippen LogP) is 5.57. The number of benzene rings is 2. The van der Waals surface area contributed by atoms with Crippen LogP contribution in [-0.4, -0.2) is 17.7 Å². The number of allylic oxidation sites excluding steroid dienone is 1. The lowest BCUT2D eigenvalue weighted by molar-refractivity contribution is -0.135. The molecule has 2 aromatic rings. The summed E-state index contributed by atoms with van der Waals surface area (Å²) in [7, 11) is -0.872. The molecule has 31 heavy (non-hydrogen) atoms. The summed E-state index contributed by atoms with van der Waals surface area (Å²) in [4.78, 5) is 13.1. The van der Waals surface area contributed by atoms with Gasteiger partial charge in [-0.15, -0.1) is 0 Å². The van der Waals surface area contributed by atoms with Crippen molar-refractivity contribution in [1.29, 1.82) is 0 Å². The summed E-state index contributed by atoms with van der Waals surface area (Å²) in [5, 5.41) is 13.8. The molecule has 3 rings (SSSR count). The highest BCUT2D eigenvalue weighted by molar-refractivity contribution is 8.22. The highest BCUT2D eigenvalue weighted by atomic mass is 35.5. The minimum absolute atomic E-state index is 0.0384. The van der Waals surface area contributed by atoms with E-state index in [0.29, 0.717) is 23.1 Å². The number of hydrogen-bond donors (Lipinski definition) is 3. The Bertz CT molecular complexity index is 962. The maximum Gasteiger partial charge on any atom is 0.311 e. The van der Waals surface area contributed by atoms with E-state index >= 15 is 0 Å². The van der Waals surface area contributed by atoms with E-state index in [2.05, 4.69) is 0 Å². The number of aliphatic hydroxyl groups excluding tert-OH is 1. The zero-order chi connectivity index (χ0) is 22.2. The van der Waals surface area contributed by atoms with Crippen molar-refractivity contribution < 1.29 is 19.4 Å². The number of carbonyl (C=O) groups excluding carboxylic acids is 1. The molecule has 1 heterocycles. The van der Waals surface area contributed by atoms with Gasteiger partial charge in [-0.2, -0.15) is 10.9 Å². The second-order valence-corrected chi connectivity index (χ2v) is 9.64. The van der Waals surface area contributed by atoms with Crippen molar-refractivity contribution in [3.8, 4) is 5.75 Å². The first-order chi connectivity index (χ1) is 15.0. The van der Waals surface area contributed by atoms with Crippen LogP contribution in [0.25, 0.3) is 0 Å². The van der Waals surface area contributed by atoms with Gasteiger partial charge in [0.05, 0.1) is 17.1 Å². The Labute approximate surface area is 190 Å². The molecule has 2 aromatic carbocycles. The molecule has 7 heteroatoms. The molecule has 2 unspecified atom stereocenters. The average Bonchev–Trinajstić information content (AvgIpc) is 3.24. The number of esters is 1. The Kier molecular flexibility index (Phi) is 8.46. The summed E-state index contributed by atoms with van der Waals surface area (Å²) >= 11 is 6.32. The molecule has 0 amide bonds. The number of thiol groups is 1. The molecule has 166 valence electrons. The predicted molar refractivity (Wildman–Crippen MR) is 127 cm³/mol. The Morgan fingerprint density at radius 2 is 2.03 bits per heavy atom. The van der Waals surface area contributed by atoms with Crippen LogP contribution in [0.2, 0.25) is 5.02 Å². The lowest BCUT2D eigenvalue weighted by atomic mass is 10.0. The van der Waals surface area contributed by atoms with E-state index in [1.54, 1.807) is 12.1 Å². The molecule has 0 spiro atoms. The van der Waals surface area contributed by atoms with Crippen molar-refractivity contribution in [1.82, 2.24) is 0 Å². The standard InChI is InChI=1S/C24H28ClNO4S/c1-2-6-18(14-27)11-23(28)30-20-12-21(25)24(26)22(13-20)31-10-9-19(16-31)29-15-17-7-4-3-5-8-17/h3-5,7-10,12-13,16,18,27,31H,2,6,11,14-15,26H2,1H3. The minimum Gasteiger partial charge on any atom is -0.488 e. The maximum absolute atomic E-state index is 12.3. The van der Waals surface area contributed by atoms with Crippen molar-refractivity contribution in [2.45, 2.75) is 37.7 Å². The first-order valence-corrected chi connectivity index (χ1v) is 12.1. The van der Waals surface area contributed by atoms with E-state index in [1.807, 2.05) is 54.1 Å². The van der Waals surface area contributed by atoms with Gasteiger partial charge in [0.15, 0.2) is 0 Å². The smallest absolute Gasteiger partial charge is 0.311 e. The van der Waals surface area contributed by atoms with Gasteiger partial charge in [0.2, 0.25) is 0 Å². The molecule has 5 nitrogen and oxygen atoms in total. The Morgan fingerprint density at radius 3 is 2.74 bits per heavy atom. The van der Waals surface area contributed by atoms with E-state index in [1.165, 1.54) is 0 Å². The molecule has 1 aliphatic rings. The molecule has 0 aromatic heterocycles. The fourth-order valence-corrected chi connectivity index (χ4v) is 5.36. The van der Waals surface area contributed by atoms with Gasteiger partial charge in [0.25, 0.3) is 0 Å². The van der Waals surface area contributed by atoms with Gasteiger partial charge in [-0.05, 0) is 35.5 Å². The molecule has 1 aliphatic heterocycles. The van der Waals surface area contributed by atoms with Crippen LogP contribution in [0, 0.1) is 5.92 Å². The van der Waals surface area contributed by atoms with Crippen LogP contribution in [-0.2, 0) is 16.1 Å². The van der Waals surface area contributed by atoms with Crippen LogP contribution in [0.15, 0.2) is 70.0 Å². The normalized spacial score (nSPS) is 17.3. The molecule has 0 saturated heterocycles. The van der Waals surface area contributed by atoms with Gasteiger partial charge in [-0.25, -0.2) is 0 Å². The lowest BCUT2D eigenvalue weighted by Crippen LogP contribution is -2.17. The number of halogens is 1. The van der Waals surface area contributed by atoms with Gasteiger partial charge in [0, 0.05) is 23.0 Å². The van der Waals surface area contributed by atoms with Crippen molar-refractivity contribution in [3.05, 3.63) is 75.7 Å². The third kappa shape index (κ3) is 6.53. The van der Waals surface area contributed by atoms with E-state index in [9.17, 15) is 9.90 Å². The summed E-state index contributed by atoms with van der Waals surface area (Å²) < 4.78 is 11.4. The zero-order valence-electron chi connectivity index (χ0n) is 17.5. The number of nitrogens with two attached hydrogens (primary N) is 1. The first-order valence-electron chi connectivity index (χ1n) is 10.3. The number of anilines is 1. The summed E-state index contributed by atoms with van der Waals surface area (Å²) in [6.45, 7) is 2.46. The molecule has 0 radical (unpaired) electrons. The van der Waals surface area contributed by atoms with Gasteiger partial charge in [0.1, 0.15) is 18.1 Å². The maximum atomic E-state index is 12.3. The Balaban J connectivity index is 1.69. The zero-order valence-corrected chi connectivity index (χ0v) is 19.1. The van der Waals surface area contributed by atoms with Gasteiger partial charge in [-0.1, -0.05) is 55.3 Å². The van der Waals surface area contributed by atoms with E-state index in [-0.39, 0.29) is 18.9 Å². The molecule has 0 bridgehead atoms. The largest absolute Gasteiger partial charge is 0.488 e. The van der Waals surface area contributed by atoms with Crippen molar-refractivity contribution in [2.24, 2.45) is 5.92 Å². The topological polar surface area (TPSA) is 81.8 Å². The summed E-state index contributed by atoms with van der Waals surface area (Å²) in [5.74, 6) is 0.639. The Morgan fingerprint density at radius 1 is 1.26 bits per heavy atom. The van der Waals surface area contributed by atoms with E-state index < -0.39 is 16.9 Å². The van der Waals surface area contributed by atoms with Crippen molar-refractivity contribution in [3.63, 3.8) is 0 Å². The molecule has 0 saturated carbocycles. The number of aliphatic hydroxyl groups is 1. The fraction of sp³-hybridized carbons (Fsp3) is 0.292. The third-order valence-electron chi connectivity index (χ3n) is 4.92. The van der Waals surface area contributed by atoms with Crippen molar-refractivity contribution >= 4 is 34.2 Å². The average molecular weight is 462 g/mol. The molecule has 0 aliphatic carbocycles. The van der Waals surface area contributed by atoms with Crippen molar-refractivity contribution in [2.75, 3.05) is 12.3 Å². The number of carbonyl (C=O) groups is 1. The molecule has 3 N–H and O–H groups in total. The van der Waals surface area contributed by atoms with Crippen LogP contribution >= 0.6 is 22.5 Å². The second kappa shape index (κ2) is 11.3. The number of rotatable bonds is 10. The highest BCUT2D eigenvalue weighted by Crippen LogP contribution is 2.50. The number of nitrogen functional groups attached to an aromatic ring is 1. The monoisotopic (exact) mass is 461 g/mol. The van der Waals surface area contributed by atoms with E-state index in [0.717, 1.165) is 29.1 Å². The highest BCUT2D eigenvalue weighted by Gasteiger charge is 2.19. The SMILES string of the molecule is CCCC(CO)CC(=O)Oc1cc(Cl)c(N)c([SH]2C=CC(OCc3ccccc3)=C2)c1. The van der Waals surface area contributed by atoms with Gasteiger partial charge >= 0.3 is 5.97 Å². The molecule has 2 atom stereocenters. The van der Waals surface area contributed by atoms with Crippen LogP contribution in [0.4, 0.5) is 5.69 Å². The quantitative estimate of drug-likeness (QED) is 0.186. The Hall–Kier alpha value is -2.41. The number of ether oxygens (including phenoxy) is 2. The summed E-state index contributed by atoms with van der Waals surface area (Å²) in [6.07, 6.45) is 3.75. The summed E-state index contributed by atoms with van der Waals surface area (Å²) in [6, 6.07) is 13.3. The summed E-state index contributed by atoms with van der Waals surface area (Å²) in [5.41, 5.74) is 7.78. The van der Waals surface area contributed by atoms with Crippen LogP contribution in [0.3, 0.4) is 0 Å². The second-order valence-electron chi connectivity index (χ2n) is 7.38. The lowest BCUT2D eigenvalue weighted by Gasteiger charge is -2.17. The molecular weight excluding hydrogens is 434 g/mol. The van der Waals surface area contributed by atoms with Crippen LogP contribution in [0.5, 0.6) is 5.75 Å². The van der Waals surface area contributed by atoms with E-state index in [4.69, 9.17) is 26.8 Å². The first kappa shape index (κ1) is 23.3. The number of hydrogen-bond acceptors (Lipinski definition) is 5. The minimum atomic E-state index is -0.872.